The van der Waals surface area contributed by atoms with E-state index >= 15 is 0 Å². The largest absolute Gasteiger partial charge is 0.360 e. The smallest absolute Gasteiger partial charge is 0.278 e. The number of anilines is 1. The molecule has 1 aliphatic heterocycles. The van der Waals surface area contributed by atoms with Crippen molar-refractivity contribution in [2.75, 3.05) is 31.1 Å². The standard InChI is InChI=1S/C24H35N3O/c1-17-5-3-4-6-22(17)27-9-7-26(8-10-27)18(2)23(28)25-24-14-19-11-20(15-24)13-21(12-19)16-24/h3-6,18-21H,7-16H2,1-2H3,(H,25,28)/p+1/t18-,19?,20?,21?,24?/m1/s1. The monoisotopic (exact) mass is 382 g/mol. The third-order valence-corrected chi connectivity index (χ3v) is 8.29. The highest BCUT2D eigenvalue weighted by Crippen LogP contribution is 2.55. The van der Waals surface area contributed by atoms with E-state index in [0.29, 0.717) is 5.91 Å². The first-order valence-corrected chi connectivity index (χ1v) is 11.5. The third kappa shape index (κ3) is 3.34. The molecule has 1 atom stereocenters. The molecule has 4 heteroatoms. The van der Waals surface area contributed by atoms with Gasteiger partial charge in [0.25, 0.3) is 5.91 Å². The number of quaternary nitrogens is 1. The van der Waals surface area contributed by atoms with Crippen molar-refractivity contribution in [1.82, 2.24) is 5.32 Å². The van der Waals surface area contributed by atoms with Crippen molar-refractivity contribution in [1.29, 1.82) is 0 Å². The van der Waals surface area contributed by atoms with E-state index in [9.17, 15) is 4.79 Å². The van der Waals surface area contributed by atoms with E-state index < -0.39 is 0 Å². The molecule has 0 aromatic heterocycles. The third-order valence-electron chi connectivity index (χ3n) is 8.29. The number of nitrogens with one attached hydrogen (secondary N) is 2. The number of hydrogen-bond donors (Lipinski definition) is 2. The first-order chi connectivity index (χ1) is 13.5. The van der Waals surface area contributed by atoms with Gasteiger partial charge in [0.1, 0.15) is 0 Å². The lowest BCUT2D eigenvalue weighted by Crippen LogP contribution is -3.19. The number of piperazine rings is 1. The van der Waals surface area contributed by atoms with Crippen molar-refractivity contribution in [3.63, 3.8) is 0 Å². The lowest BCUT2D eigenvalue weighted by molar-refractivity contribution is -0.914. The number of rotatable bonds is 4. The van der Waals surface area contributed by atoms with E-state index in [2.05, 4.69) is 48.3 Å². The van der Waals surface area contributed by atoms with Crippen LogP contribution in [0.15, 0.2) is 24.3 Å². The van der Waals surface area contributed by atoms with Gasteiger partial charge in [-0.2, -0.15) is 0 Å². The van der Waals surface area contributed by atoms with Crippen molar-refractivity contribution in [2.45, 2.75) is 64.0 Å². The minimum atomic E-state index is 0.0621. The summed E-state index contributed by atoms with van der Waals surface area (Å²) in [6, 6.07) is 8.71. The second kappa shape index (κ2) is 7.05. The van der Waals surface area contributed by atoms with Crippen LogP contribution in [0.4, 0.5) is 5.69 Å². The molecule has 6 rings (SSSR count). The molecule has 0 spiro atoms. The van der Waals surface area contributed by atoms with Gasteiger partial charge >= 0.3 is 0 Å². The lowest BCUT2D eigenvalue weighted by atomic mass is 9.53. The molecule has 0 unspecified atom stereocenters. The quantitative estimate of drug-likeness (QED) is 0.837. The fourth-order valence-electron chi connectivity index (χ4n) is 7.20. The molecule has 1 heterocycles. The van der Waals surface area contributed by atoms with Crippen LogP contribution < -0.4 is 15.1 Å². The van der Waals surface area contributed by atoms with Gasteiger partial charge in [-0.1, -0.05) is 18.2 Å². The number of hydrogen-bond acceptors (Lipinski definition) is 2. The van der Waals surface area contributed by atoms with E-state index in [1.54, 1.807) is 0 Å². The summed E-state index contributed by atoms with van der Waals surface area (Å²) in [4.78, 5) is 17.1. The predicted molar refractivity (Wildman–Crippen MR) is 113 cm³/mol. The molecule has 5 fully saturated rings. The van der Waals surface area contributed by atoms with E-state index in [0.717, 1.165) is 43.9 Å². The maximum Gasteiger partial charge on any atom is 0.278 e. The Bertz CT molecular complexity index is 702. The Labute approximate surface area is 169 Å². The number of carbonyl (C=O) groups excluding carboxylic acids is 1. The number of aryl methyl sites for hydroxylation is 1. The Kier molecular flexibility index (Phi) is 4.65. The highest BCUT2D eigenvalue weighted by atomic mass is 16.2. The zero-order valence-electron chi connectivity index (χ0n) is 17.5. The van der Waals surface area contributed by atoms with Gasteiger partial charge in [0.15, 0.2) is 6.04 Å². The molecule has 4 nitrogen and oxygen atoms in total. The van der Waals surface area contributed by atoms with Gasteiger partial charge < -0.3 is 15.1 Å². The Hall–Kier alpha value is -1.55. The summed E-state index contributed by atoms with van der Waals surface area (Å²) in [6.45, 7) is 8.50. The van der Waals surface area contributed by atoms with Crippen LogP contribution in [0, 0.1) is 24.7 Å². The molecule has 4 bridgehead atoms. The molecule has 1 aromatic carbocycles. The van der Waals surface area contributed by atoms with Crippen LogP contribution in [0.1, 0.15) is 51.0 Å². The minimum Gasteiger partial charge on any atom is -0.360 e. The molecule has 1 aromatic rings. The van der Waals surface area contributed by atoms with Gasteiger partial charge in [-0.3, -0.25) is 4.79 Å². The zero-order chi connectivity index (χ0) is 19.3. The van der Waals surface area contributed by atoms with Crippen molar-refractivity contribution < 1.29 is 9.69 Å². The molecule has 4 saturated carbocycles. The zero-order valence-corrected chi connectivity index (χ0v) is 17.5. The summed E-state index contributed by atoms with van der Waals surface area (Å²) in [5.41, 5.74) is 2.84. The van der Waals surface area contributed by atoms with Gasteiger partial charge in [0.2, 0.25) is 0 Å². The van der Waals surface area contributed by atoms with Crippen molar-refractivity contribution in [3.05, 3.63) is 29.8 Å². The Morgan fingerprint density at radius 3 is 2.21 bits per heavy atom. The maximum absolute atomic E-state index is 13.2. The van der Waals surface area contributed by atoms with Gasteiger partial charge in [0, 0.05) is 11.2 Å². The molecule has 4 aliphatic carbocycles. The average molecular weight is 383 g/mol. The molecular formula is C24H36N3O+. The highest BCUT2D eigenvalue weighted by molar-refractivity contribution is 5.80. The molecule has 28 heavy (non-hydrogen) atoms. The molecule has 0 radical (unpaired) electrons. The number of nitrogens with zero attached hydrogens (tertiary/aromatic N) is 1. The molecule has 2 N–H and O–H groups in total. The maximum atomic E-state index is 13.2. The molecule has 5 aliphatic rings. The van der Waals surface area contributed by atoms with Crippen LogP contribution >= 0.6 is 0 Å². The average Bonchev–Trinajstić information content (AvgIpc) is 2.66. The SMILES string of the molecule is Cc1ccccc1N1CC[NH+]([C@H](C)C(=O)NC23CC4CC(CC(C4)C2)C3)CC1. The molecule has 152 valence electrons. The Balaban J connectivity index is 1.19. The second-order valence-electron chi connectivity index (χ2n) is 10.3. The van der Waals surface area contributed by atoms with Crippen LogP contribution in [-0.2, 0) is 4.79 Å². The van der Waals surface area contributed by atoms with Crippen molar-refractivity contribution in [2.24, 2.45) is 17.8 Å². The summed E-state index contributed by atoms with van der Waals surface area (Å²) < 4.78 is 0. The van der Waals surface area contributed by atoms with Crippen LogP contribution in [0.2, 0.25) is 0 Å². The van der Waals surface area contributed by atoms with Crippen molar-refractivity contribution >= 4 is 11.6 Å². The fourth-order valence-corrected chi connectivity index (χ4v) is 7.20. The van der Waals surface area contributed by atoms with E-state index in [4.69, 9.17) is 0 Å². The predicted octanol–water partition coefficient (Wildman–Crippen LogP) is 2.17. The molecule has 1 saturated heterocycles. The second-order valence-corrected chi connectivity index (χ2v) is 10.3. The highest BCUT2D eigenvalue weighted by Gasteiger charge is 2.52. The number of carbonyl (C=O) groups is 1. The van der Waals surface area contributed by atoms with E-state index in [-0.39, 0.29) is 11.6 Å². The number of benzene rings is 1. The van der Waals surface area contributed by atoms with E-state index in [1.165, 1.54) is 54.7 Å². The van der Waals surface area contributed by atoms with Gasteiger partial charge in [0.05, 0.1) is 26.2 Å². The van der Waals surface area contributed by atoms with Crippen LogP contribution in [0.25, 0.3) is 0 Å². The van der Waals surface area contributed by atoms with Crippen LogP contribution in [0.5, 0.6) is 0 Å². The van der Waals surface area contributed by atoms with Gasteiger partial charge in [-0.05, 0) is 81.8 Å². The molecular weight excluding hydrogens is 346 g/mol. The lowest BCUT2D eigenvalue weighted by Gasteiger charge is -2.57. The molecule has 1 amide bonds. The van der Waals surface area contributed by atoms with Gasteiger partial charge in [-0.25, -0.2) is 0 Å². The summed E-state index contributed by atoms with van der Waals surface area (Å²) in [5, 5.41) is 3.60. The number of amides is 1. The van der Waals surface area contributed by atoms with Crippen molar-refractivity contribution in [3.8, 4) is 0 Å². The summed E-state index contributed by atoms with van der Waals surface area (Å²) in [6.07, 6.45) is 8.01. The van der Waals surface area contributed by atoms with Gasteiger partial charge in [-0.15, -0.1) is 0 Å². The first-order valence-electron chi connectivity index (χ1n) is 11.5. The summed E-state index contributed by atoms with van der Waals surface area (Å²) >= 11 is 0. The Morgan fingerprint density at radius 1 is 1.07 bits per heavy atom. The minimum absolute atomic E-state index is 0.0621. The normalized spacial score (nSPS) is 35.8. The first kappa shape index (κ1) is 18.5. The topological polar surface area (TPSA) is 36.8 Å². The number of para-hydroxylation sites is 1. The fraction of sp³-hybridized carbons (Fsp3) is 0.708. The van der Waals surface area contributed by atoms with Crippen LogP contribution in [-0.4, -0.2) is 43.7 Å². The Morgan fingerprint density at radius 2 is 1.64 bits per heavy atom. The summed E-state index contributed by atoms with van der Waals surface area (Å²) in [5.74, 6) is 2.95. The summed E-state index contributed by atoms with van der Waals surface area (Å²) in [7, 11) is 0. The van der Waals surface area contributed by atoms with E-state index in [1.807, 2.05) is 0 Å². The van der Waals surface area contributed by atoms with Crippen LogP contribution in [0.3, 0.4) is 0 Å².